The molecule has 1 atom stereocenters. The zero-order chi connectivity index (χ0) is 35.5. The minimum atomic E-state index is -4.34. The standard InChI is InChI=1S/C39H44FN3O5S2/c1-3-48-37-21-13-12-20-35(37)43(50(46,47)33-24-22-32(49-2)23-25-33)28-38(44)42(27-30-16-10-11-19-34(30)40)36(26-29-14-6-4-7-15-29)39(45)41-31-17-8-5-9-18-31/h4,6-7,10-16,19-25,31,36H,3,5,8-9,17-18,26-28H2,1-2H3,(H,41,45)/t36-/m1/s1. The number of nitrogens with one attached hydrogen (secondary N) is 1. The van der Waals surface area contributed by atoms with Crippen LogP contribution >= 0.6 is 11.8 Å². The number of para-hydroxylation sites is 2. The average Bonchev–Trinajstić information content (AvgIpc) is 3.14. The summed E-state index contributed by atoms with van der Waals surface area (Å²) in [5.74, 6) is -1.27. The number of nitrogens with zero attached hydrogens (tertiary/aromatic N) is 2. The third-order valence-electron chi connectivity index (χ3n) is 8.88. The molecule has 1 aliphatic rings. The number of anilines is 1. The SMILES string of the molecule is CCOc1ccccc1N(CC(=O)N(Cc1ccccc1F)[C@H](Cc1ccccc1)C(=O)NC1CCCCC1)S(=O)(=O)c1ccc(SC)cc1. The lowest BCUT2D eigenvalue weighted by Crippen LogP contribution is -2.55. The molecule has 8 nitrogen and oxygen atoms in total. The maximum atomic E-state index is 15.3. The van der Waals surface area contributed by atoms with Crippen molar-refractivity contribution in [2.45, 2.75) is 73.9 Å². The summed E-state index contributed by atoms with van der Waals surface area (Å²) in [6, 6.07) is 27.4. The lowest BCUT2D eigenvalue weighted by Gasteiger charge is -2.35. The number of thioether (sulfide) groups is 1. The Labute approximate surface area is 299 Å². The van der Waals surface area contributed by atoms with Crippen LogP contribution in [-0.4, -0.2) is 56.6 Å². The highest BCUT2D eigenvalue weighted by molar-refractivity contribution is 7.98. The molecule has 0 unspecified atom stereocenters. The molecule has 0 radical (unpaired) electrons. The predicted octanol–water partition coefficient (Wildman–Crippen LogP) is 7.23. The Balaban J connectivity index is 1.60. The molecule has 1 N–H and O–H groups in total. The van der Waals surface area contributed by atoms with Crippen molar-refractivity contribution >= 4 is 39.3 Å². The molecular formula is C39H44FN3O5S2. The number of halogens is 1. The zero-order valence-electron chi connectivity index (χ0n) is 28.5. The van der Waals surface area contributed by atoms with Gasteiger partial charge in [0, 0.05) is 29.5 Å². The summed E-state index contributed by atoms with van der Waals surface area (Å²) in [6.45, 7) is 1.15. The number of carbonyl (C=O) groups excluding carboxylic acids is 2. The van der Waals surface area contributed by atoms with Gasteiger partial charge in [0.25, 0.3) is 10.0 Å². The first-order valence-corrected chi connectivity index (χ1v) is 19.6. The van der Waals surface area contributed by atoms with Crippen molar-refractivity contribution in [3.8, 4) is 5.75 Å². The van der Waals surface area contributed by atoms with E-state index < -0.39 is 34.3 Å². The highest BCUT2D eigenvalue weighted by Gasteiger charge is 2.36. The Bertz CT molecular complexity index is 1830. The molecule has 1 aliphatic carbocycles. The number of hydrogen-bond acceptors (Lipinski definition) is 6. The molecule has 0 aliphatic heterocycles. The van der Waals surface area contributed by atoms with E-state index in [4.69, 9.17) is 4.74 Å². The molecule has 0 spiro atoms. The Morgan fingerprint density at radius 3 is 2.24 bits per heavy atom. The van der Waals surface area contributed by atoms with Gasteiger partial charge in [-0.1, -0.05) is 79.9 Å². The molecule has 2 amide bonds. The lowest BCUT2D eigenvalue weighted by molar-refractivity contribution is -0.140. The lowest BCUT2D eigenvalue weighted by atomic mass is 9.94. The van der Waals surface area contributed by atoms with Crippen LogP contribution in [-0.2, 0) is 32.6 Å². The van der Waals surface area contributed by atoms with Gasteiger partial charge < -0.3 is 15.0 Å². The summed E-state index contributed by atoms with van der Waals surface area (Å²) >= 11 is 1.48. The normalized spacial score (nSPS) is 14.1. The summed E-state index contributed by atoms with van der Waals surface area (Å²) in [7, 11) is -4.34. The number of ether oxygens (including phenoxy) is 1. The Morgan fingerprint density at radius 2 is 1.56 bits per heavy atom. The minimum absolute atomic E-state index is 0.00840. The van der Waals surface area contributed by atoms with Gasteiger partial charge in [-0.15, -0.1) is 11.8 Å². The number of carbonyl (C=O) groups is 2. The summed E-state index contributed by atoms with van der Waals surface area (Å²) < 4.78 is 51.1. The molecule has 5 rings (SSSR count). The van der Waals surface area contributed by atoms with Crippen LogP contribution in [0.3, 0.4) is 0 Å². The highest BCUT2D eigenvalue weighted by Crippen LogP contribution is 2.33. The van der Waals surface area contributed by atoms with Gasteiger partial charge in [0.05, 0.1) is 17.2 Å². The van der Waals surface area contributed by atoms with Gasteiger partial charge >= 0.3 is 0 Å². The molecule has 0 aromatic heterocycles. The molecule has 0 heterocycles. The van der Waals surface area contributed by atoms with Crippen LogP contribution in [0.25, 0.3) is 0 Å². The van der Waals surface area contributed by atoms with E-state index in [2.05, 4.69) is 5.32 Å². The van der Waals surface area contributed by atoms with E-state index in [1.54, 1.807) is 61.5 Å². The summed E-state index contributed by atoms with van der Waals surface area (Å²) in [5, 5.41) is 3.17. The maximum Gasteiger partial charge on any atom is 0.264 e. The van der Waals surface area contributed by atoms with E-state index in [1.165, 1.54) is 34.9 Å². The van der Waals surface area contributed by atoms with Crippen LogP contribution in [0.1, 0.15) is 50.2 Å². The predicted molar refractivity (Wildman–Crippen MR) is 196 cm³/mol. The summed E-state index contributed by atoms with van der Waals surface area (Å²) in [6.07, 6.45) is 6.81. The van der Waals surface area contributed by atoms with Crippen molar-refractivity contribution in [2.75, 3.05) is 23.7 Å². The van der Waals surface area contributed by atoms with Crippen molar-refractivity contribution in [3.63, 3.8) is 0 Å². The highest BCUT2D eigenvalue weighted by atomic mass is 32.2. The van der Waals surface area contributed by atoms with Crippen LogP contribution in [0, 0.1) is 5.82 Å². The van der Waals surface area contributed by atoms with Crippen LogP contribution < -0.4 is 14.4 Å². The third-order valence-corrected chi connectivity index (χ3v) is 11.4. The molecule has 0 saturated heterocycles. The van der Waals surface area contributed by atoms with E-state index in [9.17, 15) is 18.0 Å². The van der Waals surface area contributed by atoms with Crippen LogP contribution in [0.4, 0.5) is 10.1 Å². The van der Waals surface area contributed by atoms with Crippen molar-refractivity contribution in [2.24, 2.45) is 0 Å². The molecular weight excluding hydrogens is 674 g/mol. The fourth-order valence-corrected chi connectivity index (χ4v) is 8.07. The molecule has 0 bridgehead atoms. The van der Waals surface area contributed by atoms with Crippen molar-refractivity contribution in [1.82, 2.24) is 10.2 Å². The molecule has 4 aromatic rings. The maximum absolute atomic E-state index is 15.3. The van der Waals surface area contributed by atoms with E-state index in [-0.39, 0.29) is 53.4 Å². The van der Waals surface area contributed by atoms with E-state index in [1.807, 2.05) is 36.6 Å². The molecule has 1 fully saturated rings. The van der Waals surface area contributed by atoms with Crippen LogP contribution in [0.15, 0.2) is 113 Å². The smallest absolute Gasteiger partial charge is 0.264 e. The molecule has 4 aromatic carbocycles. The fourth-order valence-electron chi connectivity index (χ4n) is 6.24. The monoisotopic (exact) mass is 717 g/mol. The molecule has 264 valence electrons. The van der Waals surface area contributed by atoms with Gasteiger partial charge in [-0.25, -0.2) is 12.8 Å². The Morgan fingerprint density at radius 1 is 0.900 bits per heavy atom. The van der Waals surface area contributed by atoms with E-state index >= 15 is 4.39 Å². The quantitative estimate of drug-likeness (QED) is 0.131. The van der Waals surface area contributed by atoms with Crippen molar-refractivity contribution in [1.29, 1.82) is 0 Å². The van der Waals surface area contributed by atoms with Crippen LogP contribution in [0.2, 0.25) is 0 Å². The van der Waals surface area contributed by atoms with Crippen molar-refractivity contribution in [3.05, 3.63) is 120 Å². The second-order valence-electron chi connectivity index (χ2n) is 12.3. The number of amides is 2. The van der Waals surface area contributed by atoms with Crippen LogP contribution in [0.5, 0.6) is 5.75 Å². The fraction of sp³-hybridized carbons (Fsp3) is 0.333. The average molecular weight is 718 g/mol. The Hall–Kier alpha value is -4.35. The van der Waals surface area contributed by atoms with Gasteiger partial charge in [-0.2, -0.15) is 0 Å². The van der Waals surface area contributed by atoms with Gasteiger partial charge in [-0.3, -0.25) is 13.9 Å². The second kappa shape index (κ2) is 17.5. The first kappa shape index (κ1) is 36.9. The first-order valence-electron chi connectivity index (χ1n) is 17.0. The minimum Gasteiger partial charge on any atom is -0.492 e. The third kappa shape index (κ3) is 9.25. The number of hydrogen-bond donors (Lipinski definition) is 1. The van der Waals surface area contributed by atoms with E-state index in [0.717, 1.165) is 46.9 Å². The number of rotatable bonds is 15. The van der Waals surface area contributed by atoms with E-state index in [0.29, 0.717) is 0 Å². The van der Waals surface area contributed by atoms with Crippen molar-refractivity contribution < 1.29 is 27.1 Å². The second-order valence-corrected chi connectivity index (χ2v) is 15.0. The molecule has 50 heavy (non-hydrogen) atoms. The van der Waals surface area contributed by atoms with Gasteiger partial charge in [0.1, 0.15) is 24.2 Å². The molecule has 11 heteroatoms. The topological polar surface area (TPSA) is 96.0 Å². The number of sulfonamides is 1. The van der Waals surface area contributed by atoms with Gasteiger partial charge in [0.2, 0.25) is 11.8 Å². The van der Waals surface area contributed by atoms with Gasteiger partial charge in [-0.05, 0) is 74.0 Å². The largest absolute Gasteiger partial charge is 0.492 e. The summed E-state index contributed by atoms with van der Waals surface area (Å²) in [4.78, 5) is 31.2. The summed E-state index contributed by atoms with van der Waals surface area (Å²) in [5.41, 5.74) is 1.19. The number of benzene rings is 4. The first-order chi connectivity index (χ1) is 24.2. The zero-order valence-corrected chi connectivity index (χ0v) is 30.1. The van der Waals surface area contributed by atoms with Gasteiger partial charge in [0.15, 0.2) is 0 Å². The molecule has 1 saturated carbocycles. The Kier molecular flexibility index (Phi) is 12.9.